The Bertz CT molecular complexity index is 321. The average molecular weight is 239 g/mol. The minimum Gasteiger partial charge on any atom is -0.480 e. The Morgan fingerprint density at radius 2 is 2.24 bits per heavy atom. The van der Waals surface area contributed by atoms with E-state index < -0.39 is 12.0 Å². The first kappa shape index (κ1) is 13.5. The number of carboxylic acids is 1. The molecule has 0 aromatic heterocycles. The van der Waals surface area contributed by atoms with Crippen LogP contribution in [0.3, 0.4) is 0 Å². The third-order valence-corrected chi connectivity index (χ3v) is 2.70. The van der Waals surface area contributed by atoms with Crippen molar-refractivity contribution in [1.29, 1.82) is 0 Å². The molecule has 1 amide bonds. The van der Waals surface area contributed by atoms with Gasteiger partial charge in [-0.1, -0.05) is 0 Å². The van der Waals surface area contributed by atoms with Gasteiger partial charge in [-0.05, 0) is 12.8 Å². The van der Waals surface area contributed by atoms with Crippen LogP contribution in [0.2, 0.25) is 0 Å². The molecule has 0 saturated carbocycles. The van der Waals surface area contributed by atoms with Crippen LogP contribution in [0.4, 0.5) is 0 Å². The highest BCUT2D eigenvalue weighted by Gasteiger charge is 2.32. The fraction of sp³-hybridized carbons (Fsp3) is 0.667. The molecule has 0 radical (unpaired) electrons. The van der Waals surface area contributed by atoms with Crippen molar-refractivity contribution in [2.45, 2.75) is 31.7 Å². The number of terminal acetylenes is 1. The Kier molecular flexibility index (Phi) is 5.50. The minimum absolute atomic E-state index is 0.0748. The molecule has 0 aromatic carbocycles. The molecule has 1 unspecified atom stereocenters. The lowest BCUT2D eigenvalue weighted by Gasteiger charge is -2.32. The van der Waals surface area contributed by atoms with Gasteiger partial charge in [-0.25, -0.2) is 4.79 Å². The first-order valence-electron chi connectivity index (χ1n) is 5.70. The highest BCUT2D eigenvalue weighted by molar-refractivity contribution is 5.83. The van der Waals surface area contributed by atoms with E-state index in [-0.39, 0.29) is 12.5 Å². The summed E-state index contributed by atoms with van der Waals surface area (Å²) in [6, 6.07) is -0.844. The summed E-state index contributed by atoms with van der Waals surface area (Å²) in [5, 5.41) is 8.97. The maximum atomic E-state index is 11.8. The van der Waals surface area contributed by atoms with E-state index in [4.69, 9.17) is 16.3 Å². The molecule has 1 fully saturated rings. The van der Waals surface area contributed by atoms with E-state index >= 15 is 0 Å². The quantitative estimate of drug-likeness (QED) is 0.560. The number of carbonyl (C=O) groups is 2. The number of hydrogen-bond donors (Lipinski definition) is 1. The van der Waals surface area contributed by atoms with Crippen LogP contribution < -0.4 is 0 Å². The largest absolute Gasteiger partial charge is 0.480 e. The molecule has 1 aliphatic rings. The van der Waals surface area contributed by atoms with E-state index in [0.717, 1.165) is 6.42 Å². The van der Waals surface area contributed by atoms with Crippen molar-refractivity contribution in [3.8, 4) is 12.3 Å². The van der Waals surface area contributed by atoms with Gasteiger partial charge in [0, 0.05) is 19.4 Å². The van der Waals surface area contributed by atoms with E-state index in [0.29, 0.717) is 32.4 Å². The fourth-order valence-corrected chi connectivity index (χ4v) is 1.75. The molecule has 17 heavy (non-hydrogen) atoms. The summed E-state index contributed by atoms with van der Waals surface area (Å²) in [6.45, 7) is 0.830. The maximum Gasteiger partial charge on any atom is 0.328 e. The van der Waals surface area contributed by atoms with Gasteiger partial charge in [-0.3, -0.25) is 4.79 Å². The normalized spacial score (nSPS) is 19.7. The first-order valence-corrected chi connectivity index (χ1v) is 5.70. The molecule has 1 rings (SSSR count). The van der Waals surface area contributed by atoms with Crippen molar-refractivity contribution in [2.75, 3.05) is 19.8 Å². The lowest BCUT2D eigenvalue weighted by Crippen LogP contribution is -2.52. The molecule has 1 atom stereocenters. The Morgan fingerprint density at radius 3 is 2.88 bits per heavy atom. The summed E-state index contributed by atoms with van der Waals surface area (Å²) in [5.74, 6) is 1.37. The van der Waals surface area contributed by atoms with Gasteiger partial charge in [0.15, 0.2) is 6.04 Å². The number of carbonyl (C=O) groups excluding carboxylic acids is 1. The Hall–Kier alpha value is -1.54. The molecule has 0 aromatic rings. The van der Waals surface area contributed by atoms with Gasteiger partial charge in [0.2, 0.25) is 5.91 Å². The molecule has 5 heteroatoms. The number of aliphatic carboxylic acids is 1. The number of unbranched alkanes of at least 4 members (excludes halogenated alkanes) is 2. The summed E-state index contributed by atoms with van der Waals surface area (Å²) in [4.78, 5) is 24.2. The van der Waals surface area contributed by atoms with Gasteiger partial charge in [0.1, 0.15) is 0 Å². The predicted octanol–water partition coefficient (Wildman–Crippen LogP) is 0.492. The second-order valence-electron chi connectivity index (χ2n) is 3.93. The second kappa shape index (κ2) is 6.92. The van der Waals surface area contributed by atoms with Gasteiger partial charge >= 0.3 is 5.97 Å². The van der Waals surface area contributed by atoms with Gasteiger partial charge in [-0.15, -0.1) is 12.3 Å². The second-order valence-corrected chi connectivity index (χ2v) is 3.93. The molecular formula is C12H17NO4. The summed E-state index contributed by atoms with van der Waals surface area (Å²) < 4.78 is 5.07. The predicted molar refractivity (Wildman–Crippen MR) is 61.3 cm³/mol. The van der Waals surface area contributed by atoms with E-state index in [1.54, 1.807) is 0 Å². The molecule has 1 saturated heterocycles. The average Bonchev–Trinajstić information content (AvgIpc) is 2.34. The number of rotatable bonds is 5. The van der Waals surface area contributed by atoms with E-state index in [1.807, 2.05) is 0 Å². The molecule has 0 spiro atoms. The molecule has 1 N–H and O–H groups in total. The molecule has 1 heterocycles. The SMILES string of the molecule is C#CCCCCC(=O)N1CCOCC1C(=O)O. The van der Waals surface area contributed by atoms with E-state index in [1.165, 1.54) is 4.90 Å². The van der Waals surface area contributed by atoms with Crippen molar-refractivity contribution in [2.24, 2.45) is 0 Å². The lowest BCUT2D eigenvalue weighted by molar-refractivity contribution is -0.158. The Labute approximate surface area is 101 Å². The summed E-state index contributed by atoms with van der Waals surface area (Å²) in [7, 11) is 0. The number of carboxylic acid groups (broad SMARTS) is 1. The number of amides is 1. The monoisotopic (exact) mass is 239 g/mol. The van der Waals surface area contributed by atoms with Crippen LogP contribution in [0.5, 0.6) is 0 Å². The molecule has 1 aliphatic heterocycles. The summed E-state index contributed by atoms with van der Waals surface area (Å²) in [5.41, 5.74) is 0. The molecule has 94 valence electrons. The van der Waals surface area contributed by atoms with E-state index in [2.05, 4.69) is 5.92 Å². The minimum atomic E-state index is -1.01. The smallest absolute Gasteiger partial charge is 0.328 e. The van der Waals surface area contributed by atoms with Crippen LogP contribution in [-0.2, 0) is 14.3 Å². The molecule has 5 nitrogen and oxygen atoms in total. The van der Waals surface area contributed by atoms with Gasteiger partial charge < -0.3 is 14.7 Å². The number of nitrogens with zero attached hydrogens (tertiary/aromatic N) is 1. The van der Waals surface area contributed by atoms with Crippen LogP contribution in [0.15, 0.2) is 0 Å². The highest BCUT2D eigenvalue weighted by atomic mass is 16.5. The molecular weight excluding hydrogens is 222 g/mol. The van der Waals surface area contributed by atoms with Crippen molar-refractivity contribution < 1.29 is 19.4 Å². The maximum absolute atomic E-state index is 11.8. The van der Waals surface area contributed by atoms with E-state index in [9.17, 15) is 9.59 Å². The Morgan fingerprint density at radius 1 is 1.47 bits per heavy atom. The van der Waals surface area contributed by atoms with Crippen molar-refractivity contribution in [3.63, 3.8) is 0 Å². The third-order valence-electron chi connectivity index (χ3n) is 2.70. The standard InChI is InChI=1S/C12H17NO4/c1-2-3-4-5-6-11(14)13-7-8-17-9-10(13)12(15)16/h1,10H,3-9H2,(H,15,16). The van der Waals surface area contributed by atoms with Crippen LogP contribution >= 0.6 is 0 Å². The zero-order chi connectivity index (χ0) is 12.7. The van der Waals surface area contributed by atoms with Crippen LogP contribution in [0, 0.1) is 12.3 Å². The first-order chi connectivity index (χ1) is 8.16. The van der Waals surface area contributed by atoms with Crippen LogP contribution in [0.1, 0.15) is 25.7 Å². The lowest BCUT2D eigenvalue weighted by atomic mass is 10.1. The summed E-state index contributed by atoms with van der Waals surface area (Å²) >= 11 is 0. The van der Waals surface area contributed by atoms with Gasteiger partial charge in [0.05, 0.1) is 13.2 Å². The topological polar surface area (TPSA) is 66.8 Å². The van der Waals surface area contributed by atoms with Crippen LogP contribution in [0.25, 0.3) is 0 Å². The fourth-order valence-electron chi connectivity index (χ4n) is 1.75. The Balaban J connectivity index is 2.42. The van der Waals surface area contributed by atoms with Gasteiger partial charge in [0.25, 0.3) is 0 Å². The van der Waals surface area contributed by atoms with Gasteiger partial charge in [-0.2, -0.15) is 0 Å². The van der Waals surface area contributed by atoms with Crippen LogP contribution in [-0.4, -0.2) is 47.7 Å². The number of hydrogen-bond acceptors (Lipinski definition) is 3. The molecule has 0 aliphatic carbocycles. The number of morpholine rings is 1. The zero-order valence-electron chi connectivity index (χ0n) is 9.72. The summed E-state index contributed by atoms with van der Waals surface area (Å²) in [6.07, 6.45) is 7.61. The van der Waals surface area contributed by atoms with Crippen molar-refractivity contribution in [3.05, 3.63) is 0 Å². The number of ether oxygens (including phenoxy) is 1. The molecule has 0 bridgehead atoms. The third kappa shape index (κ3) is 4.08. The highest BCUT2D eigenvalue weighted by Crippen LogP contribution is 2.11. The van der Waals surface area contributed by atoms with Crippen molar-refractivity contribution in [1.82, 2.24) is 4.90 Å². The van der Waals surface area contributed by atoms with Crippen molar-refractivity contribution >= 4 is 11.9 Å². The zero-order valence-corrected chi connectivity index (χ0v) is 9.72.